The van der Waals surface area contributed by atoms with E-state index in [0.29, 0.717) is 36.0 Å². The fraction of sp³-hybridized carbons (Fsp3) is 0.174. The summed E-state index contributed by atoms with van der Waals surface area (Å²) in [5.74, 6) is -0.164. The number of anilines is 1. The summed E-state index contributed by atoms with van der Waals surface area (Å²) in [5, 5.41) is 25.8. The van der Waals surface area contributed by atoms with Crippen molar-refractivity contribution in [2.24, 2.45) is 0 Å². The summed E-state index contributed by atoms with van der Waals surface area (Å²) in [6.07, 6.45) is 3.19. The zero-order chi connectivity index (χ0) is 22.6. The largest absolute Gasteiger partial charge is 0.480 e. The highest BCUT2D eigenvalue weighted by Gasteiger charge is 2.44. The van der Waals surface area contributed by atoms with Crippen LogP contribution in [0.15, 0.2) is 67.1 Å². The smallest absolute Gasteiger partial charge is 0.323 e. The highest BCUT2D eigenvalue weighted by molar-refractivity contribution is 5.86. The standard InChI is InChI=1S/C23H19N7O3/c31-18(32)11-28-14-24-19-20(28)26-22(29-12-23(33,13-29)16-7-2-1-3-8-16)27-21(19)30-17-9-5-4-6-15(17)10-25-30/h1-10,14,33H,11-13H2,(H,31,32). The summed E-state index contributed by atoms with van der Waals surface area (Å²) in [4.78, 5) is 27.0. The molecule has 2 N–H and O–H groups in total. The summed E-state index contributed by atoms with van der Waals surface area (Å²) < 4.78 is 3.16. The molecule has 0 aliphatic carbocycles. The Morgan fingerprint density at radius 1 is 1.03 bits per heavy atom. The fourth-order valence-corrected chi connectivity index (χ4v) is 4.27. The van der Waals surface area contributed by atoms with Crippen LogP contribution in [0.5, 0.6) is 0 Å². The van der Waals surface area contributed by atoms with E-state index in [-0.39, 0.29) is 6.54 Å². The molecule has 0 radical (unpaired) electrons. The molecule has 164 valence electrons. The Labute approximate surface area is 187 Å². The van der Waals surface area contributed by atoms with Gasteiger partial charge in [-0.25, -0.2) is 9.67 Å². The predicted octanol–water partition coefficient (Wildman–Crippen LogP) is 1.96. The van der Waals surface area contributed by atoms with Gasteiger partial charge in [-0.1, -0.05) is 48.5 Å². The van der Waals surface area contributed by atoms with E-state index in [1.54, 1.807) is 10.9 Å². The molecule has 0 saturated carbocycles. The Morgan fingerprint density at radius 3 is 2.58 bits per heavy atom. The van der Waals surface area contributed by atoms with E-state index in [2.05, 4.69) is 15.1 Å². The van der Waals surface area contributed by atoms with E-state index in [4.69, 9.17) is 4.98 Å². The van der Waals surface area contributed by atoms with Gasteiger partial charge in [0.15, 0.2) is 17.0 Å². The minimum Gasteiger partial charge on any atom is -0.480 e. The lowest BCUT2D eigenvalue weighted by atomic mass is 9.86. The van der Waals surface area contributed by atoms with Gasteiger partial charge in [-0.05, 0) is 11.6 Å². The van der Waals surface area contributed by atoms with Crippen LogP contribution in [0.3, 0.4) is 0 Å². The normalized spacial score (nSPS) is 15.1. The van der Waals surface area contributed by atoms with Crippen molar-refractivity contribution >= 4 is 34.0 Å². The SMILES string of the molecule is O=C(O)Cn1cnc2c(-n3ncc4ccccc43)nc(N3CC(O)(c4ccccc4)C3)nc21. The molecule has 0 atom stereocenters. The number of aromatic nitrogens is 6. The number of carboxylic acids is 1. The number of hydrogen-bond donors (Lipinski definition) is 2. The van der Waals surface area contributed by atoms with Crippen molar-refractivity contribution in [2.45, 2.75) is 12.1 Å². The first-order valence-corrected chi connectivity index (χ1v) is 10.4. The van der Waals surface area contributed by atoms with E-state index in [9.17, 15) is 15.0 Å². The van der Waals surface area contributed by atoms with Crippen LogP contribution in [0.25, 0.3) is 27.9 Å². The van der Waals surface area contributed by atoms with Crippen LogP contribution >= 0.6 is 0 Å². The topological polar surface area (TPSA) is 122 Å². The van der Waals surface area contributed by atoms with Crippen LogP contribution in [0, 0.1) is 0 Å². The van der Waals surface area contributed by atoms with Gasteiger partial charge >= 0.3 is 5.97 Å². The maximum Gasteiger partial charge on any atom is 0.323 e. The van der Waals surface area contributed by atoms with Gasteiger partial charge < -0.3 is 19.7 Å². The summed E-state index contributed by atoms with van der Waals surface area (Å²) in [7, 11) is 0. The fourth-order valence-electron chi connectivity index (χ4n) is 4.27. The highest BCUT2D eigenvalue weighted by Crippen LogP contribution is 2.35. The Balaban J connectivity index is 1.47. The van der Waals surface area contributed by atoms with E-state index in [1.165, 1.54) is 10.9 Å². The van der Waals surface area contributed by atoms with Crippen LogP contribution in [0.2, 0.25) is 0 Å². The van der Waals surface area contributed by atoms with Crippen LogP contribution in [0.4, 0.5) is 5.95 Å². The van der Waals surface area contributed by atoms with E-state index in [1.807, 2.05) is 59.5 Å². The number of aliphatic hydroxyl groups is 1. The molecule has 33 heavy (non-hydrogen) atoms. The number of β-amino-alcohol motifs (C(OH)–C–C–N with tert-alkyl or cyclic N) is 1. The quantitative estimate of drug-likeness (QED) is 0.424. The molecule has 10 nitrogen and oxygen atoms in total. The number of carboxylic acid groups (broad SMARTS) is 1. The summed E-state index contributed by atoms with van der Waals surface area (Å²) in [5.41, 5.74) is 1.52. The lowest BCUT2D eigenvalue weighted by Gasteiger charge is -2.46. The maximum absolute atomic E-state index is 11.4. The first-order valence-electron chi connectivity index (χ1n) is 10.4. The molecule has 0 amide bonds. The number of hydrogen-bond acceptors (Lipinski definition) is 7. The van der Waals surface area contributed by atoms with Crippen molar-refractivity contribution in [2.75, 3.05) is 18.0 Å². The lowest BCUT2D eigenvalue weighted by Crippen LogP contribution is -2.60. The molecular weight excluding hydrogens is 422 g/mol. The second-order valence-corrected chi connectivity index (χ2v) is 8.15. The number of carbonyl (C=O) groups is 1. The number of fused-ring (bicyclic) bond motifs is 2. The Morgan fingerprint density at radius 2 is 1.79 bits per heavy atom. The van der Waals surface area contributed by atoms with Crippen LogP contribution in [0.1, 0.15) is 5.56 Å². The van der Waals surface area contributed by atoms with Crippen molar-refractivity contribution in [1.82, 2.24) is 29.3 Å². The molecule has 4 heterocycles. The van der Waals surface area contributed by atoms with E-state index < -0.39 is 11.6 Å². The monoisotopic (exact) mass is 441 g/mol. The van der Waals surface area contributed by atoms with Gasteiger partial charge in [0.25, 0.3) is 0 Å². The maximum atomic E-state index is 11.4. The van der Waals surface area contributed by atoms with E-state index in [0.717, 1.165) is 16.5 Å². The number of nitrogens with zero attached hydrogens (tertiary/aromatic N) is 7. The highest BCUT2D eigenvalue weighted by atomic mass is 16.4. The first-order chi connectivity index (χ1) is 16.0. The van der Waals surface area contributed by atoms with Crippen molar-refractivity contribution in [3.63, 3.8) is 0 Å². The van der Waals surface area contributed by atoms with Crippen LogP contribution in [-0.4, -0.2) is 58.6 Å². The van der Waals surface area contributed by atoms with Gasteiger partial charge in [0.05, 0.1) is 31.1 Å². The van der Waals surface area contributed by atoms with Gasteiger partial charge in [-0.3, -0.25) is 4.79 Å². The van der Waals surface area contributed by atoms with Gasteiger partial charge in [0, 0.05) is 5.39 Å². The third kappa shape index (κ3) is 3.11. The first kappa shape index (κ1) is 19.4. The molecule has 10 heteroatoms. The number of imidazole rings is 1. The predicted molar refractivity (Wildman–Crippen MR) is 120 cm³/mol. The Bertz CT molecular complexity index is 1500. The van der Waals surface area contributed by atoms with Gasteiger partial charge in [-0.15, -0.1) is 0 Å². The second-order valence-electron chi connectivity index (χ2n) is 8.15. The number of rotatable bonds is 5. The molecule has 1 aliphatic rings. The average Bonchev–Trinajstić information content (AvgIpc) is 3.41. The summed E-state index contributed by atoms with van der Waals surface area (Å²) >= 11 is 0. The van der Waals surface area contributed by atoms with Crippen molar-refractivity contribution in [3.05, 3.63) is 72.7 Å². The molecule has 6 rings (SSSR count). The van der Waals surface area contributed by atoms with Crippen molar-refractivity contribution in [1.29, 1.82) is 0 Å². The number of para-hydroxylation sites is 1. The third-order valence-electron chi connectivity index (χ3n) is 5.92. The zero-order valence-electron chi connectivity index (χ0n) is 17.4. The average molecular weight is 441 g/mol. The molecule has 0 unspecified atom stereocenters. The minimum absolute atomic E-state index is 0.278. The molecule has 5 aromatic rings. The van der Waals surface area contributed by atoms with Gasteiger partial charge in [0.2, 0.25) is 5.95 Å². The molecule has 1 fully saturated rings. The number of aliphatic carboxylic acids is 1. The molecule has 3 aromatic heterocycles. The van der Waals surface area contributed by atoms with Crippen molar-refractivity contribution in [3.8, 4) is 5.82 Å². The lowest BCUT2D eigenvalue weighted by molar-refractivity contribution is -0.137. The minimum atomic E-state index is -1.00. The second kappa shape index (κ2) is 7.10. The molecular formula is C23H19N7O3. The molecule has 0 bridgehead atoms. The van der Waals surface area contributed by atoms with Crippen molar-refractivity contribution < 1.29 is 15.0 Å². The molecule has 2 aromatic carbocycles. The van der Waals surface area contributed by atoms with Gasteiger partial charge in [0.1, 0.15) is 12.1 Å². The third-order valence-corrected chi connectivity index (χ3v) is 5.92. The van der Waals surface area contributed by atoms with Gasteiger partial charge in [-0.2, -0.15) is 15.1 Å². The van der Waals surface area contributed by atoms with E-state index >= 15 is 0 Å². The van der Waals surface area contributed by atoms with Crippen LogP contribution in [-0.2, 0) is 16.9 Å². The summed E-state index contributed by atoms with van der Waals surface area (Å²) in [6.45, 7) is 0.351. The molecule has 1 saturated heterocycles. The molecule has 0 spiro atoms. The zero-order valence-corrected chi connectivity index (χ0v) is 17.4. The Hall–Kier alpha value is -4.31. The summed E-state index contributed by atoms with van der Waals surface area (Å²) in [6, 6.07) is 17.2. The number of benzene rings is 2. The Kier molecular flexibility index (Phi) is 4.17. The van der Waals surface area contributed by atoms with Crippen LogP contribution < -0.4 is 4.90 Å². The molecule has 1 aliphatic heterocycles.